The van der Waals surface area contributed by atoms with E-state index in [9.17, 15) is 4.39 Å². The van der Waals surface area contributed by atoms with Crippen LogP contribution in [0, 0.1) is 0 Å². The van der Waals surface area contributed by atoms with Crippen LogP contribution in [0.25, 0.3) is 0 Å². The molecule has 1 aliphatic heterocycles. The van der Waals surface area contributed by atoms with E-state index in [0.29, 0.717) is 37.8 Å². The molecule has 0 bridgehead atoms. The monoisotopic (exact) mass is 363 g/mol. The lowest BCUT2D eigenvalue weighted by atomic mass is 10.2. The van der Waals surface area contributed by atoms with Gasteiger partial charge >= 0.3 is 0 Å². The molecular formula is C18H26FN5O2. The highest BCUT2D eigenvalue weighted by Crippen LogP contribution is 2.27. The van der Waals surface area contributed by atoms with Gasteiger partial charge < -0.3 is 19.3 Å². The number of aliphatic hydroxyl groups excluding tert-OH is 1. The predicted molar refractivity (Wildman–Crippen MR) is 98.0 cm³/mol. The number of likely N-dealkylation sites (N-methyl/N-ethyl adjacent to an activating group) is 1. The number of alkyl halides is 1. The molecule has 0 aromatic carbocycles. The molecule has 2 aromatic rings. The fraction of sp³-hybridized carbons (Fsp3) is 0.556. The highest BCUT2D eigenvalue weighted by molar-refractivity contribution is 5.45. The second-order valence-electron chi connectivity index (χ2n) is 6.97. The van der Waals surface area contributed by atoms with Gasteiger partial charge in [-0.05, 0) is 25.2 Å². The first-order valence-corrected chi connectivity index (χ1v) is 8.74. The molecule has 1 saturated heterocycles. The van der Waals surface area contributed by atoms with Crippen molar-refractivity contribution in [3.8, 4) is 0 Å². The summed E-state index contributed by atoms with van der Waals surface area (Å²) >= 11 is 0. The van der Waals surface area contributed by atoms with Gasteiger partial charge in [-0.1, -0.05) is 0 Å². The Hall–Kier alpha value is -2.19. The molecule has 3 rings (SSSR count). The molecule has 0 saturated carbocycles. The molecule has 0 unspecified atom stereocenters. The first-order chi connectivity index (χ1) is 12.5. The quantitative estimate of drug-likeness (QED) is 0.803. The maximum atomic E-state index is 14.1. The van der Waals surface area contributed by atoms with Crippen LogP contribution in [0.2, 0.25) is 0 Å². The van der Waals surface area contributed by atoms with Crippen LogP contribution >= 0.6 is 0 Å². The maximum absolute atomic E-state index is 14.1. The molecular weight excluding hydrogens is 337 g/mol. The van der Waals surface area contributed by atoms with Crippen molar-refractivity contribution >= 4 is 11.8 Å². The molecule has 7 nitrogen and oxygen atoms in total. The van der Waals surface area contributed by atoms with Gasteiger partial charge in [0.2, 0.25) is 5.95 Å². The van der Waals surface area contributed by atoms with Crippen LogP contribution in [0.3, 0.4) is 0 Å². The number of halogens is 1. The highest BCUT2D eigenvalue weighted by Gasteiger charge is 2.34. The van der Waals surface area contributed by atoms with E-state index in [0.717, 1.165) is 11.6 Å². The van der Waals surface area contributed by atoms with Crippen LogP contribution in [0.1, 0.15) is 17.9 Å². The first kappa shape index (κ1) is 18.6. The Morgan fingerprint density at radius 3 is 2.73 bits per heavy atom. The zero-order valence-corrected chi connectivity index (χ0v) is 15.5. The number of nitrogens with zero attached hydrogens (tertiary/aromatic N) is 5. The lowest BCUT2D eigenvalue weighted by Crippen LogP contribution is -2.39. The van der Waals surface area contributed by atoms with Crippen molar-refractivity contribution in [2.75, 3.05) is 44.0 Å². The zero-order chi connectivity index (χ0) is 18.7. The molecule has 1 N–H and O–H groups in total. The summed E-state index contributed by atoms with van der Waals surface area (Å²) in [6, 6.07) is 5.50. The summed E-state index contributed by atoms with van der Waals surface area (Å²) in [4.78, 5) is 14.7. The fourth-order valence-electron chi connectivity index (χ4n) is 3.31. The molecule has 0 radical (unpaired) electrons. The minimum atomic E-state index is -0.865. The Morgan fingerprint density at radius 1 is 1.27 bits per heavy atom. The lowest BCUT2D eigenvalue weighted by Gasteiger charge is -2.29. The minimum Gasteiger partial charge on any atom is -0.462 e. The summed E-state index contributed by atoms with van der Waals surface area (Å²) in [7, 11) is 5.75. The van der Waals surface area contributed by atoms with E-state index in [2.05, 4.69) is 14.9 Å². The maximum Gasteiger partial charge on any atom is 0.226 e. The Bertz CT molecular complexity index is 723. The van der Waals surface area contributed by atoms with Gasteiger partial charge in [0.05, 0.1) is 13.1 Å². The van der Waals surface area contributed by atoms with Gasteiger partial charge in [0.15, 0.2) is 0 Å². The number of anilines is 2. The van der Waals surface area contributed by atoms with Gasteiger partial charge in [0.1, 0.15) is 30.1 Å². The number of hydrogen-bond acceptors (Lipinski definition) is 7. The van der Waals surface area contributed by atoms with Crippen molar-refractivity contribution in [3.05, 3.63) is 35.9 Å². The van der Waals surface area contributed by atoms with Crippen molar-refractivity contribution in [1.82, 2.24) is 14.9 Å². The van der Waals surface area contributed by atoms with E-state index >= 15 is 0 Å². The molecule has 0 aliphatic carbocycles. The van der Waals surface area contributed by atoms with Gasteiger partial charge in [-0.25, -0.2) is 9.37 Å². The van der Waals surface area contributed by atoms with Gasteiger partial charge in [-0.2, -0.15) is 4.98 Å². The van der Waals surface area contributed by atoms with Crippen molar-refractivity contribution < 1.29 is 13.9 Å². The third-order valence-corrected chi connectivity index (χ3v) is 4.51. The zero-order valence-electron chi connectivity index (χ0n) is 15.5. The second-order valence-corrected chi connectivity index (χ2v) is 6.97. The van der Waals surface area contributed by atoms with Gasteiger partial charge in [0.25, 0.3) is 0 Å². The van der Waals surface area contributed by atoms with Crippen molar-refractivity contribution in [2.24, 2.45) is 0 Å². The average Bonchev–Trinajstić information content (AvgIpc) is 3.21. The SMILES string of the molecule is CN(Cc1ccc(CO)o1)C[C@@H]1C[C@H](F)CN1c1ccnc(N(C)C)n1. The molecule has 2 atom stereocenters. The molecule has 0 spiro atoms. The lowest BCUT2D eigenvalue weighted by molar-refractivity contribution is 0.228. The van der Waals surface area contributed by atoms with Gasteiger partial charge in [-0.3, -0.25) is 4.90 Å². The second kappa shape index (κ2) is 8.01. The van der Waals surface area contributed by atoms with Crippen LogP contribution in [0.15, 0.2) is 28.8 Å². The van der Waals surface area contributed by atoms with Crippen LogP contribution in [-0.4, -0.2) is 66.4 Å². The summed E-state index contributed by atoms with van der Waals surface area (Å²) in [5.41, 5.74) is 0. The normalized spacial score (nSPS) is 20.2. The molecule has 2 aromatic heterocycles. The Labute approximate surface area is 153 Å². The largest absolute Gasteiger partial charge is 0.462 e. The van der Waals surface area contributed by atoms with Crippen molar-refractivity contribution in [1.29, 1.82) is 0 Å². The number of rotatable bonds is 7. The molecule has 3 heterocycles. The van der Waals surface area contributed by atoms with E-state index in [1.807, 2.05) is 43.1 Å². The summed E-state index contributed by atoms with van der Waals surface area (Å²) < 4.78 is 19.7. The highest BCUT2D eigenvalue weighted by atomic mass is 19.1. The van der Waals surface area contributed by atoms with Gasteiger partial charge in [0, 0.05) is 39.3 Å². The van der Waals surface area contributed by atoms with Crippen molar-refractivity contribution in [3.63, 3.8) is 0 Å². The van der Waals surface area contributed by atoms with Crippen LogP contribution < -0.4 is 9.80 Å². The van der Waals surface area contributed by atoms with Crippen LogP contribution in [0.5, 0.6) is 0 Å². The number of hydrogen-bond donors (Lipinski definition) is 1. The van der Waals surface area contributed by atoms with E-state index < -0.39 is 6.17 Å². The first-order valence-electron chi connectivity index (χ1n) is 8.74. The molecule has 1 fully saturated rings. The van der Waals surface area contributed by atoms with E-state index in [1.54, 1.807) is 12.3 Å². The molecule has 142 valence electrons. The van der Waals surface area contributed by atoms with E-state index in [-0.39, 0.29) is 12.6 Å². The van der Waals surface area contributed by atoms with Gasteiger partial charge in [-0.15, -0.1) is 0 Å². The molecule has 26 heavy (non-hydrogen) atoms. The third-order valence-electron chi connectivity index (χ3n) is 4.51. The third kappa shape index (κ3) is 4.31. The number of aliphatic hydroxyl groups is 1. The molecule has 0 amide bonds. The standard InChI is InChI=1S/C18H26FN5O2/c1-22(2)18-20-7-6-17(21-18)24-9-13(19)8-14(24)10-23(3)11-15-4-5-16(12-25)26-15/h4-7,13-14,25H,8-12H2,1-3H3/t13-,14-/m0/s1. The summed E-state index contributed by atoms with van der Waals surface area (Å²) in [5.74, 6) is 2.71. The number of furan rings is 1. The fourth-order valence-corrected chi connectivity index (χ4v) is 3.31. The van der Waals surface area contributed by atoms with Crippen LogP contribution in [0.4, 0.5) is 16.2 Å². The van der Waals surface area contributed by atoms with E-state index in [4.69, 9.17) is 9.52 Å². The number of aromatic nitrogens is 2. The Kier molecular flexibility index (Phi) is 5.73. The average molecular weight is 363 g/mol. The smallest absolute Gasteiger partial charge is 0.226 e. The summed E-state index contributed by atoms with van der Waals surface area (Å²) in [5, 5.41) is 9.09. The molecule has 8 heteroatoms. The summed E-state index contributed by atoms with van der Waals surface area (Å²) in [6.07, 6.45) is 1.32. The topological polar surface area (TPSA) is 68.9 Å². The van der Waals surface area contributed by atoms with Crippen molar-refractivity contribution in [2.45, 2.75) is 31.8 Å². The van der Waals surface area contributed by atoms with Crippen LogP contribution in [-0.2, 0) is 13.2 Å². The minimum absolute atomic E-state index is 0.0344. The Morgan fingerprint density at radius 2 is 2.04 bits per heavy atom. The molecule has 1 aliphatic rings. The predicted octanol–water partition coefficient (Wildman–Crippen LogP) is 1.68. The van der Waals surface area contributed by atoms with E-state index in [1.165, 1.54) is 0 Å². The Balaban J connectivity index is 1.68. The summed E-state index contributed by atoms with van der Waals surface area (Å²) in [6.45, 7) is 1.54.